The van der Waals surface area contributed by atoms with E-state index in [1.54, 1.807) is 0 Å². The molecule has 24 heavy (non-hydrogen) atoms. The van der Waals surface area contributed by atoms with E-state index in [1.165, 1.54) is 0 Å². The van der Waals surface area contributed by atoms with Gasteiger partial charge in [0.25, 0.3) is 0 Å². The average Bonchev–Trinajstić information content (AvgIpc) is 2.60. The van der Waals surface area contributed by atoms with E-state index in [1.807, 2.05) is 67.6 Å². The third-order valence-electron chi connectivity index (χ3n) is 4.58. The van der Waals surface area contributed by atoms with Crippen molar-refractivity contribution in [2.24, 2.45) is 11.8 Å². The van der Waals surface area contributed by atoms with E-state index in [4.69, 9.17) is 4.74 Å². The average molecular weight is 324 g/mol. The van der Waals surface area contributed by atoms with Gasteiger partial charge in [-0.2, -0.15) is 0 Å². The molecule has 1 aliphatic heterocycles. The van der Waals surface area contributed by atoms with Gasteiger partial charge in [0.1, 0.15) is 5.78 Å². The van der Waals surface area contributed by atoms with Gasteiger partial charge < -0.3 is 9.84 Å². The van der Waals surface area contributed by atoms with Gasteiger partial charge >= 0.3 is 5.97 Å². The van der Waals surface area contributed by atoms with Gasteiger partial charge in [-0.25, -0.2) is 0 Å². The molecule has 1 N–H and O–H groups in total. The number of carboxylic acid groups (broad SMARTS) is 1. The van der Waals surface area contributed by atoms with Crippen molar-refractivity contribution in [2.45, 2.75) is 25.6 Å². The number of ketones is 1. The molecule has 0 saturated carbocycles. The summed E-state index contributed by atoms with van der Waals surface area (Å²) in [5.41, 5.74) is 1.78. The first-order valence-electron chi connectivity index (χ1n) is 8.09. The van der Waals surface area contributed by atoms with Gasteiger partial charge in [0, 0.05) is 5.92 Å². The number of aliphatic carboxylic acids is 1. The first-order chi connectivity index (χ1) is 11.6. The molecule has 0 aliphatic carbocycles. The number of hydrogen-bond acceptors (Lipinski definition) is 3. The van der Waals surface area contributed by atoms with Crippen LogP contribution >= 0.6 is 0 Å². The quantitative estimate of drug-likeness (QED) is 0.929. The molecule has 0 unspecified atom stereocenters. The minimum atomic E-state index is -0.983. The van der Waals surface area contributed by atoms with Gasteiger partial charge in [0.15, 0.2) is 0 Å². The van der Waals surface area contributed by atoms with E-state index in [0.29, 0.717) is 0 Å². The summed E-state index contributed by atoms with van der Waals surface area (Å²) in [6.45, 7) is 1.82. The Labute approximate surface area is 141 Å². The van der Waals surface area contributed by atoms with Crippen molar-refractivity contribution in [2.75, 3.05) is 0 Å². The highest BCUT2D eigenvalue weighted by Crippen LogP contribution is 2.44. The zero-order valence-electron chi connectivity index (χ0n) is 13.5. The summed E-state index contributed by atoms with van der Waals surface area (Å²) >= 11 is 0. The van der Waals surface area contributed by atoms with Crippen LogP contribution in [0.3, 0.4) is 0 Å². The van der Waals surface area contributed by atoms with Crippen LogP contribution in [0.25, 0.3) is 0 Å². The minimum Gasteiger partial charge on any atom is -0.481 e. The number of hydrogen-bond donors (Lipinski definition) is 1. The van der Waals surface area contributed by atoms with Crippen molar-refractivity contribution in [1.82, 2.24) is 0 Å². The van der Waals surface area contributed by atoms with E-state index < -0.39 is 18.0 Å². The summed E-state index contributed by atoms with van der Waals surface area (Å²) in [6.07, 6.45) is -1.13. The molecule has 0 bridgehead atoms. The van der Waals surface area contributed by atoms with Crippen LogP contribution in [0, 0.1) is 11.8 Å². The van der Waals surface area contributed by atoms with Crippen LogP contribution in [0.4, 0.5) is 0 Å². The molecular formula is C20H20O4. The molecule has 0 spiro atoms. The SMILES string of the molecule is C[C@@H]1C(=O)[C@@H](CC(=O)O)[C@H](c2ccccc2)O[C@@H]1c1ccccc1. The smallest absolute Gasteiger partial charge is 0.304 e. The number of carbonyl (C=O) groups is 2. The van der Waals surface area contributed by atoms with Crippen LogP contribution in [-0.2, 0) is 14.3 Å². The Morgan fingerprint density at radius 2 is 1.46 bits per heavy atom. The number of carboxylic acids is 1. The van der Waals surface area contributed by atoms with Crippen LogP contribution < -0.4 is 0 Å². The summed E-state index contributed by atoms with van der Waals surface area (Å²) < 4.78 is 6.27. The van der Waals surface area contributed by atoms with E-state index in [9.17, 15) is 14.7 Å². The van der Waals surface area contributed by atoms with Crippen LogP contribution in [-0.4, -0.2) is 16.9 Å². The number of benzene rings is 2. The second kappa shape index (κ2) is 6.97. The van der Waals surface area contributed by atoms with Crippen molar-refractivity contribution >= 4 is 11.8 Å². The normalized spacial score (nSPS) is 27.0. The lowest BCUT2D eigenvalue weighted by atomic mass is 9.77. The monoisotopic (exact) mass is 324 g/mol. The molecule has 124 valence electrons. The zero-order chi connectivity index (χ0) is 17.1. The Morgan fingerprint density at radius 1 is 0.958 bits per heavy atom. The molecule has 1 saturated heterocycles. The second-order valence-corrected chi connectivity index (χ2v) is 6.19. The molecule has 0 amide bonds. The Morgan fingerprint density at radius 3 is 1.96 bits per heavy atom. The fraction of sp³-hybridized carbons (Fsp3) is 0.300. The van der Waals surface area contributed by atoms with Crippen LogP contribution in [0.5, 0.6) is 0 Å². The van der Waals surface area contributed by atoms with Crippen molar-refractivity contribution in [1.29, 1.82) is 0 Å². The van der Waals surface area contributed by atoms with E-state index >= 15 is 0 Å². The Balaban J connectivity index is 1.98. The molecule has 0 radical (unpaired) electrons. The predicted octanol–water partition coefficient (Wildman–Crippen LogP) is 3.80. The Kier molecular flexibility index (Phi) is 4.76. The van der Waals surface area contributed by atoms with Gasteiger partial charge in [0.2, 0.25) is 0 Å². The Hall–Kier alpha value is -2.46. The summed E-state index contributed by atoms with van der Waals surface area (Å²) in [5.74, 6) is -2.08. The number of Topliss-reactive ketones (excluding diaryl/α,β-unsaturated/α-hetero) is 1. The fourth-order valence-electron chi connectivity index (χ4n) is 3.37. The van der Waals surface area contributed by atoms with E-state index in [0.717, 1.165) is 11.1 Å². The molecule has 4 atom stereocenters. The molecule has 2 aromatic carbocycles. The number of carbonyl (C=O) groups excluding carboxylic acids is 1. The van der Waals surface area contributed by atoms with Gasteiger partial charge in [-0.15, -0.1) is 0 Å². The predicted molar refractivity (Wildman–Crippen MR) is 89.4 cm³/mol. The van der Waals surface area contributed by atoms with Crippen molar-refractivity contribution in [3.05, 3.63) is 71.8 Å². The van der Waals surface area contributed by atoms with Gasteiger partial charge in [-0.1, -0.05) is 67.6 Å². The summed E-state index contributed by atoms with van der Waals surface area (Å²) in [7, 11) is 0. The molecule has 3 rings (SSSR count). The van der Waals surface area contributed by atoms with Gasteiger partial charge in [0.05, 0.1) is 24.5 Å². The minimum absolute atomic E-state index is 0.0497. The van der Waals surface area contributed by atoms with Crippen molar-refractivity contribution in [3.63, 3.8) is 0 Å². The number of rotatable bonds is 4. The largest absolute Gasteiger partial charge is 0.481 e. The lowest BCUT2D eigenvalue weighted by Gasteiger charge is -2.39. The third-order valence-corrected chi connectivity index (χ3v) is 4.58. The lowest BCUT2D eigenvalue weighted by molar-refractivity contribution is -0.165. The third kappa shape index (κ3) is 3.24. The van der Waals surface area contributed by atoms with Crippen LogP contribution in [0.15, 0.2) is 60.7 Å². The first kappa shape index (κ1) is 16.4. The van der Waals surface area contributed by atoms with Crippen molar-refractivity contribution in [3.8, 4) is 0 Å². The van der Waals surface area contributed by atoms with E-state index in [-0.39, 0.29) is 24.2 Å². The summed E-state index contributed by atoms with van der Waals surface area (Å²) in [4.78, 5) is 24.1. The van der Waals surface area contributed by atoms with Crippen LogP contribution in [0.2, 0.25) is 0 Å². The van der Waals surface area contributed by atoms with Crippen LogP contribution in [0.1, 0.15) is 36.7 Å². The zero-order valence-corrected chi connectivity index (χ0v) is 13.5. The molecular weight excluding hydrogens is 304 g/mol. The van der Waals surface area contributed by atoms with E-state index in [2.05, 4.69) is 0 Å². The highest BCUT2D eigenvalue weighted by atomic mass is 16.5. The van der Waals surface area contributed by atoms with Gasteiger partial charge in [-0.3, -0.25) is 9.59 Å². The molecule has 1 heterocycles. The fourth-order valence-corrected chi connectivity index (χ4v) is 3.37. The highest BCUT2D eigenvalue weighted by molar-refractivity contribution is 5.88. The standard InChI is InChI=1S/C20H20O4/c1-13-18(23)16(12-17(21)22)20(15-10-6-3-7-11-15)24-19(13)14-8-4-2-5-9-14/h2-11,13,16,19-20H,12H2,1H3,(H,21,22)/t13-,16-,19+,20+/m1/s1. The van der Waals surface area contributed by atoms with Gasteiger partial charge in [-0.05, 0) is 11.1 Å². The Bertz CT molecular complexity index is 711. The molecule has 1 aliphatic rings. The lowest BCUT2D eigenvalue weighted by Crippen LogP contribution is -2.40. The summed E-state index contributed by atoms with van der Waals surface area (Å²) in [6, 6.07) is 19.0. The number of ether oxygens (including phenoxy) is 1. The molecule has 2 aromatic rings. The molecule has 4 nitrogen and oxygen atoms in total. The molecule has 1 fully saturated rings. The topological polar surface area (TPSA) is 63.6 Å². The summed E-state index contributed by atoms with van der Waals surface area (Å²) in [5, 5.41) is 9.21. The van der Waals surface area contributed by atoms with Crippen molar-refractivity contribution < 1.29 is 19.4 Å². The second-order valence-electron chi connectivity index (χ2n) is 6.19. The highest BCUT2D eigenvalue weighted by Gasteiger charge is 2.44. The maximum absolute atomic E-state index is 12.9. The maximum Gasteiger partial charge on any atom is 0.304 e. The molecule has 4 heteroatoms. The first-order valence-corrected chi connectivity index (χ1v) is 8.09. The maximum atomic E-state index is 12.9. The molecule has 0 aromatic heterocycles.